The fourth-order valence-corrected chi connectivity index (χ4v) is 1.71. The van der Waals surface area contributed by atoms with Crippen LogP contribution in [0.2, 0.25) is 5.02 Å². The second-order valence-electron chi connectivity index (χ2n) is 2.92. The predicted octanol–water partition coefficient (Wildman–Crippen LogP) is 2.41. The lowest BCUT2D eigenvalue weighted by Crippen LogP contribution is -2.21. The number of benzene rings is 1. The summed E-state index contributed by atoms with van der Waals surface area (Å²) in [6.07, 6.45) is -2.81. The molecular formula is C9H8BrClF2O2. The third-order valence-corrected chi connectivity index (χ3v) is 2.95. The molecule has 1 aromatic rings. The van der Waals surface area contributed by atoms with Crippen molar-refractivity contribution < 1.29 is 19.0 Å². The molecule has 1 aromatic carbocycles. The average molecular weight is 302 g/mol. The Bertz CT molecular complexity index is 362. The smallest absolute Gasteiger partial charge is 0.142 e. The van der Waals surface area contributed by atoms with Crippen molar-refractivity contribution in [2.45, 2.75) is 12.2 Å². The molecule has 15 heavy (non-hydrogen) atoms. The predicted molar refractivity (Wildman–Crippen MR) is 56.1 cm³/mol. The minimum atomic E-state index is -1.56. The standard InChI is InChI=1S/C9H8BrClF2O2/c10-3-6(14)9(15)7-4(12)1-2-5(13)8(7)11/h1-2,6,9,14-15H,3H2. The summed E-state index contributed by atoms with van der Waals surface area (Å²) in [4.78, 5) is 0. The molecular weight excluding hydrogens is 293 g/mol. The van der Waals surface area contributed by atoms with E-state index in [1.807, 2.05) is 0 Å². The summed E-state index contributed by atoms with van der Waals surface area (Å²) in [6, 6.07) is 1.70. The van der Waals surface area contributed by atoms with Gasteiger partial charge >= 0.3 is 0 Å². The van der Waals surface area contributed by atoms with Gasteiger partial charge in [0, 0.05) is 10.9 Å². The Morgan fingerprint density at radius 2 is 1.80 bits per heavy atom. The largest absolute Gasteiger partial charge is 0.389 e. The molecule has 2 nitrogen and oxygen atoms in total. The number of rotatable bonds is 3. The second-order valence-corrected chi connectivity index (χ2v) is 3.95. The maximum absolute atomic E-state index is 13.2. The monoisotopic (exact) mass is 300 g/mol. The maximum atomic E-state index is 13.2. The molecule has 2 atom stereocenters. The van der Waals surface area contributed by atoms with Gasteiger partial charge in [0.05, 0.1) is 11.1 Å². The van der Waals surface area contributed by atoms with Crippen LogP contribution in [-0.2, 0) is 0 Å². The van der Waals surface area contributed by atoms with Gasteiger partial charge in [-0.15, -0.1) is 0 Å². The lowest BCUT2D eigenvalue weighted by atomic mass is 10.0. The van der Waals surface area contributed by atoms with Crippen molar-refractivity contribution in [1.82, 2.24) is 0 Å². The molecule has 0 amide bonds. The SMILES string of the molecule is OC(CBr)C(O)c1c(F)ccc(F)c1Cl. The summed E-state index contributed by atoms with van der Waals surface area (Å²) in [5.41, 5.74) is -0.427. The van der Waals surface area contributed by atoms with Crippen molar-refractivity contribution in [2.75, 3.05) is 5.33 Å². The first-order valence-corrected chi connectivity index (χ1v) is 5.54. The van der Waals surface area contributed by atoms with Crippen molar-refractivity contribution >= 4 is 27.5 Å². The maximum Gasteiger partial charge on any atom is 0.142 e. The molecule has 2 N–H and O–H groups in total. The van der Waals surface area contributed by atoms with Gasteiger partial charge in [0.15, 0.2) is 0 Å². The zero-order valence-electron chi connectivity index (χ0n) is 7.42. The van der Waals surface area contributed by atoms with E-state index < -0.39 is 34.4 Å². The number of hydrogen-bond donors (Lipinski definition) is 2. The van der Waals surface area contributed by atoms with Crippen molar-refractivity contribution in [3.63, 3.8) is 0 Å². The highest BCUT2D eigenvalue weighted by molar-refractivity contribution is 9.09. The molecule has 0 bridgehead atoms. The van der Waals surface area contributed by atoms with E-state index in [1.54, 1.807) is 0 Å². The molecule has 2 unspecified atom stereocenters. The van der Waals surface area contributed by atoms with E-state index in [0.29, 0.717) is 0 Å². The van der Waals surface area contributed by atoms with Gasteiger partial charge in [-0.3, -0.25) is 0 Å². The molecule has 0 fully saturated rings. The molecule has 1 rings (SSSR count). The first kappa shape index (κ1) is 12.8. The highest BCUT2D eigenvalue weighted by Gasteiger charge is 2.25. The molecule has 0 saturated carbocycles. The van der Waals surface area contributed by atoms with Crippen LogP contribution in [0.5, 0.6) is 0 Å². The van der Waals surface area contributed by atoms with Gasteiger partial charge in [-0.1, -0.05) is 27.5 Å². The van der Waals surface area contributed by atoms with Gasteiger partial charge in [0.2, 0.25) is 0 Å². The first-order chi connectivity index (χ1) is 6.99. The summed E-state index contributed by atoms with van der Waals surface area (Å²) in [5, 5.41) is 18.3. The van der Waals surface area contributed by atoms with Crippen LogP contribution in [0.25, 0.3) is 0 Å². The number of alkyl halides is 1. The zero-order chi connectivity index (χ0) is 11.6. The Kier molecular flexibility index (Phi) is 4.45. The molecule has 0 heterocycles. The van der Waals surface area contributed by atoms with Crippen LogP contribution < -0.4 is 0 Å². The Morgan fingerprint density at radius 1 is 1.27 bits per heavy atom. The van der Waals surface area contributed by atoms with Crippen molar-refractivity contribution in [2.24, 2.45) is 0 Å². The van der Waals surface area contributed by atoms with Gasteiger partial charge in [-0.25, -0.2) is 8.78 Å². The second kappa shape index (κ2) is 5.21. The van der Waals surface area contributed by atoms with Crippen LogP contribution in [-0.4, -0.2) is 21.6 Å². The van der Waals surface area contributed by atoms with Gasteiger partial charge < -0.3 is 10.2 Å². The average Bonchev–Trinajstić information content (AvgIpc) is 2.22. The van der Waals surface area contributed by atoms with Gasteiger partial charge in [-0.05, 0) is 12.1 Å². The highest BCUT2D eigenvalue weighted by atomic mass is 79.9. The summed E-state index contributed by atoms with van der Waals surface area (Å²) in [6.45, 7) is 0. The highest BCUT2D eigenvalue weighted by Crippen LogP contribution is 2.30. The van der Waals surface area contributed by atoms with E-state index in [1.165, 1.54) is 0 Å². The molecule has 0 aliphatic carbocycles. The lowest BCUT2D eigenvalue weighted by Gasteiger charge is -2.17. The fourth-order valence-electron chi connectivity index (χ4n) is 1.09. The van der Waals surface area contributed by atoms with Crippen molar-refractivity contribution in [1.29, 1.82) is 0 Å². The van der Waals surface area contributed by atoms with E-state index in [0.717, 1.165) is 12.1 Å². The van der Waals surface area contributed by atoms with Crippen molar-refractivity contribution in [3.8, 4) is 0 Å². The van der Waals surface area contributed by atoms with Crippen LogP contribution in [0.3, 0.4) is 0 Å². The molecule has 0 aliphatic heterocycles. The van der Waals surface area contributed by atoms with E-state index >= 15 is 0 Å². The third kappa shape index (κ3) is 2.66. The van der Waals surface area contributed by atoms with Crippen LogP contribution >= 0.6 is 27.5 Å². The summed E-state index contributed by atoms with van der Waals surface area (Å²) >= 11 is 8.40. The lowest BCUT2D eigenvalue weighted by molar-refractivity contribution is 0.0319. The van der Waals surface area contributed by atoms with Crippen LogP contribution in [0, 0.1) is 11.6 Å². The minimum Gasteiger partial charge on any atom is -0.389 e. The molecule has 0 spiro atoms. The molecule has 84 valence electrons. The molecule has 6 heteroatoms. The van der Waals surface area contributed by atoms with E-state index in [4.69, 9.17) is 11.6 Å². The van der Waals surface area contributed by atoms with Crippen molar-refractivity contribution in [3.05, 3.63) is 34.4 Å². The Hall–Kier alpha value is -0.230. The van der Waals surface area contributed by atoms with Crippen LogP contribution in [0.1, 0.15) is 11.7 Å². The molecule has 0 radical (unpaired) electrons. The topological polar surface area (TPSA) is 40.5 Å². The van der Waals surface area contributed by atoms with Crippen LogP contribution in [0.15, 0.2) is 12.1 Å². The molecule has 0 aliphatic rings. The van der Waals surface area contributed by atoms with Gasteiger partial charge in [0.1, 0.15) is 17.7 Å². The van der Waals surface area contributed by atoms with E-state index in [2.05, 4.69) is 15.9 Å². The fraction of sp³-hybridized carbons (Fsp3) is 0.333. The minimum absolute atomic E-state index is 0.0282. The number of hydrogen-bond acceptors (Lipinski definition) is 2. The summed E-state index contributed by atoms with van der Waals surface area (Å²) in [7, 11) is 0. The zero-order valence-corrected chi connectivity index (χ0v) is 9.76. The Labute approximate surface area is 98.6 Å². The number of aliphatic hydroxyl groups is 2. The quantitative estimate of drug-likeness (QED) is 0.665. The Morgan fingerprint density at radius 3 is 2.33 bits per heavy atom. The van der Waals surface area contributed by atoms with Gasteiger partial charge in [-0.2, -0.15) is 0 Å². The normalized spacial score (nSPS) is 15.1. The number of aliphatic hydroxyl groups excluding tert-OH is 2. The van der Waals surface area contributed by atoms with E-state index in [9.17, 15) is 19.0 Å². The summed E-state index contributed by atoms with van der Waals surface area (Å²) < 4.78 is 26.2. The molecule has 0 aromatic heterocycles. The Balaban J connectivity index is 3.18. The third-order valence-electron chi connectivity index (χ3n) is 1.90. The number of halogens is 4. The van der Waals surface area contributed by atoms with E-state index in [-0.39, 0.29) is 5.33 Å². The summed E-state index contributed by atoms with van der Waals surface area (Å²) in [5.74, 6) is -1.69. The molecule has 0 saturated heterocycles. The van der Waals surface area contributed by atoms with Crippen LogP contribution in [0.4, 0.5) is 8.78 Å². The first-order valence-electron chi connectivity index (χ1n) is 4.04. The van der Waals surface area contributed by atoms with Gasteiger partial charge in [0.25, 0.3) is 0 Å².